The summed E-state index contributed by atoms with van der Waals surface area (Å²) in [6.45, 7) is 6.50. The fourth-order valence-corrected chi connectivity index (χ4v) is 7.79. The summed E-state index contributed by atoms with van der Waals surface area (Å²) in [6.07, 6.45) is 12.0. The molecule has 4 rings (SSSR count). The number of rotatable bonds is 4. The molecule has 4 unspecified atom stereocenters. The molecule has 0 aromatic heterocycles. The van der Waals surface area contributed by atoms with E-state index in [-0.39, 0.29) is 29.8 Å². The second-order valence-electron chi connectivity index (χ2n) is 10.7. The summed E-state index contributed by atoms with van der Waals surface area (Å²) in [5.41, 5.74) is 2.06. The summed E-state index contributed by atoms with van der Waals surface area (Å²) >= 11 is 0. The Bertz CT molecular complexity index is 604. The first-order chi connectivity index (χ1) is 13.7. The molecule has 0 bridgehead atoms. The number of aliphatic hydroxyl groups is 2. The van der Waals surface area contributed by atoms with Crippen molar-refractivity contribution in [1.82, 2.24) is 0 Å². The second-order valence-corrected chi connectivity index (χ2v) is 10.7. The molecule has 29 heavy (non-hydrogen) atoms. The van der Waals surface area contributed by atoms with Gasteiger partial charge in [-0.3, -0.25) is 0 Å². The Morgan fingerprint density at radius 2 is 1.79 bits per heavy atom. The maximum absolute atomic E-state index is 13.9. The molecule has 4 aliphatic carbocycles. The highest BCUT2D eigenvalue weighted by molar-refractivity contribution is 5.25. The van der Waals surface area contributed by atoms with Crippen LogP contribution in [0.4, 0.5) is 8.78 Å². The molecule has 3 fully saturated rings. The van der Waals surface area contributed by atoms with E-state index in [0.717, 1.165) is 51.0 Å². The van der Waals surface area contributed by atoms with Gasteiger partial charge < -0.3 is 10.2 Å². The topological polar surface area (TPSA) is 40.5 Å². The van der Waals surface area contributed by atoms with Crippen molar-refractivity contribution in [1.29, 1.82) is 0 Å². The molecule has 2 N–H and O–H groups in total. The molecule has 0 aromatic rings. The molecule has 4 aliphatic rings. The molecule has 0 radical (unpaired) electrons. The number of halogens is 2. The molecule has 0 aromatic carbocycles. The molecule has 0 aliphatic heterocycles. The highest BCUT2D eigenvalue weighted by Crippen LogP contribution is 2.66. The smallest absolute Gasteiger partial charge is 0.247 e. The number of alkyl halides is 2. The molecule has 0 spiro atoms. The lowest BCUT2D eigenvalue weighted by atomic mass is 9.47. The maximum atomic E-state index is 13.9. The number of hydrogen-bond acceptors (Lipinski definition) is 2. The van der Waals surface area contributed by atoms with E-state index in [2.05, 4.69) is 19.9 Å². The lowest BCUT2D eigenvalue weighted by Gasteiger charge is -2.58. The van der Waals surface area contributed by atoms with Crippen molar-refractivity contribution in [2.75, 3.05) is 7.11 Å². The Morgan fingerprint density at radius 3 is 2.48 bits per heavy atom. The zero-order chi connectivity index (χ0) is 21.4. The van der Waals surface area contributed by atoms with E-state index in [4.69, 9.17) is 5.11 Å². The number of fused-ring (bicyclic) bond motifs is 5. The van der Waals surface area contributed by atoms with Crippen LogP contribution in [-0.2, 0) is 0 Å². The Kier molecular flexibility index (Phi) is 6.85. The Morgan fingerprint density at radius 1 is 1.07 bits per heavy atom. The molecule has 3 saturated carbocycles. The monoisotopic (exact) mass is 412 g/mol. The van der Waals surface area contributed by atoms with Crippen LogP contribution < -0.4 is 0 Å². The largest absolute Gasteiger partial charge is 0.400 e. The normalized spacial score (nSPS) is 44.0. The zero-order valence-electron chi connectivity index (χ0n) is 18.9. The van der Waals surface area contributed by atoms with Gasteiger partial charge in [-0.1, -0.05) is 32.4 Å². The quantitative estimate of drug-likeness (QED) is 0.527. The van der Waals surface area contributed by atoms with E-state index >= 15 is 0 Å². The SMILES string of the molecule is CCC(F)(F)CCC1CCC2[C@@H]3CC=C4CC(O)CC[C@]4(C)C3CC[C@]12C.CO. The van der Waals surface area contributed by atoms with Crippen molar-refractivity contribution < 1.29 is 19.0 Å². The van der Waals surface area contributed by atoms with E-state index in [1.165, 1.54) is 24.8 Å². The van der Waals surface area contributed by atoms with E-state index in [1.807, 2.05) is 0 Å². The van der Waals surface area contributed by atoms with Gasteiger partial charge >= 0.3 is 0 Å². The van der Waals surface area contributed by atoms with E-state index in [1.54, 1.807) is 6.92 Å². The lowest BCUT2D eigenvalue weighted by Crippen LogP contribution is -2.50. The lowest BCUT2D eigenvalue weighted by molar-refractivity contribution is -0.0596. The second kappa shape index (κ2) is 8.57. The zero-order valence-corrected chi connectivity index (χ0v) is 18.9. The standard InChI is InChI=1S/C24H38F2O.CH4O/c1-4-24(25,26)14-9-16-6-8-20-19-7-5-17-15-18(27)10-12-23(17,3)21(19)11-13-22(16,20)2;1-2/h5,16,18-21,27H,4,6-15H2,1-3H3;2H,1H3/t16?,18?,19-,20?,21?,22+,23-;/m0./s1. The van der Waals surface area contributed by atoms with Gasteiger partial charge in [0.2, 0.25) is 5.92 Å². The van der Waals surface area contributed by atoms with Crippen molar-refractivity contribution in [3.63, 3.8) is 0 Å². The third-order valence-electron chi connectivity index (χ3n) is 9.65. The first kappa shape index (κ1) is 23.2. The third kappa shape index (κ3) is 4.05. The van der Waals surface area contributed by atoms with E-state index in [9.17, 15) is 13.9 Å². The summed E-state index contributed by atoms with van der Waals surface area (Å²) in [5, 5.41) is 17.1. The van der Waals surface area contributed by atoms with Crippen LogP contribution in [0.25, 0.3) is 0 Å². The van der Waals surface area contributed by atoms with Gasteiger partial charge in [-0.15, -0.1) is 0 Å². The molecular formula is C25H42F2O2. The minimum atomic E-state index is -2.48. The summed E-state index contributed by atoms with van der Waals surface area (Å²) in [7, 11) is 1.00. The van der Waals surface area contributed by atoms with Crippen molar-refractivity contribution in [3.05, 3.63) is 11.6 Å². The minimum absolute atomic E-state index is 0.0255. The molecule has 0 amide bonds. The van der Waals surface area contributed by atoms with Gasteiger partial charge in [0.25, 0.3) is 0 Å². The number of aliphatic hydroxyl groups excluding tert-OH is 2. The van der Waals surface area contributed by atoms with Crippen LogP contribution in [0.3, 0.4) is 0 Å². The van der Waals surface area contributed by atoms with E-state index in [0.29, 0.717) is 18.3 Å². The van der Waals surface area contributed by atoms with Gasteiger partial charge in [0, 0.05) is 20.0 Å². The van der Waals surface area contributed by atoms with Crippen LogP contribution in [0.1, 0.15) is 91.4 Å². The van der Waals surface area contributed by atoms with Crippen LogP contribution >= 0.6 is 0 Å². The molecule has 2 nitrogen and oxygen atoms in total. The van der Waals surface area contributed by atoms with Crippen LogP contribution in [0.5, 0.6) is 0 Å². The van der Waals surface area contributed by atoms with Gasteiger partial charge in [-0.25, -0.2) is 8.78 Å². The maximum Gasteiger partial charge on any atom is 0.247 e. The third-order valence-corrected chi connectivity index (χ3v) is 9.65. The fourth-order valence-electron chi connectivity index (χ4n) is 7.79. The van der Waals surface area contributed by atoms with Crippen LogP contribution in [-0.4, -0.2) is 29.3 Å². The first-order valence-electron chi connectivity index (χ1n) is 11.9. The van der Waals surface area contributed by atoms with Crippen molar-refractivity contribution in [2.24, 2.45) is 34.5 Å². The predicted octanol–water partition coefficient (Wildman–Crippen LogP) is 6.36. The Labute approximate surface area is 176 Å². The molecule has 0 heterocycles. The molecule has 4 heteroatoms. The minimum Gasteiger partial charge on any atom is -0.400 e. The molecular weight excluding hydrogens is 370 g/mol. The summed E-state index contributed by atoms with van der Waals surface area (Å²) in [4.78, 5) is 0. The predicted molar refractivity (Wildman–Crippen MR) is 114 cm³/mol. The summed E-state index contributed by atoms with van der Waals surface area (Å²) < 4.78 is 27.7. The molecule has 168 valence electrons. The van der Waals surface area contributed by atoms with E-state index < -0.39 is 5.92 Å². The fraction of sp³-hybridized carbons (Fsp3) is 0.920. The van der Waals surface area contributed by atoms with Gasteiger partial charge in [0.05, 0.1) is 6.10 Å². The highest BCUT2D eigenvalue weighted by Gasteiger charge is 2.58. The number of hydrogen-bond donors (Lipinski definition) is 2. The Hall–Kier alpha value is -0.480. The van der Waals surface area contributed by atoms with Crippen molar-refractivity contribution in [3.8, 4) is 0 Å². The molecule has 7 atom stereocenters. The van der Waals surface area contributed by atoms with Crippen LogP contribution in [0.15, 0.2) is 11.6 Å². The van der Waals surface area contributed by atoms with Gasteiger partial charge in [0.1, 0.15) is 0 Å². The average Bonchev–Trinajstić information content (AvgIpc) is 3.05. The first-order valence-corrected chi connectivity index (χ1v) is 11.9. The van der Waals surface area contributed by atoms with Crippen molar-refractivity contribution >= 4 is 0 Å². The van der Waals surface area contributed by atoms with Crippen LogP contribution in [0.2, 0.25) is 0 Å². The van der Waals surface area contributed by atoms with Crippen molar-refractivity contribution in [2.45, 2.75) is 103 Å². The summed E-state index contributed by atoms with van der Waals surface area (Å²) in [6, 6.07) is 0. The average molecular weight is 413 g/mol. The number of allylic oxidation sites excluding steroid dienone is 1. The molecule has 0 saturated heterocycles. The van der Waals surface area contributed by atoms with Crippen LogP contribution in [0, 0.1) is 34.5 Å². The van der Waals surface area contributed by atoms with Gasteiger partial charge in [0.15, 0.2) is 0 Å². The Balaban J connectivity index is 0.00000117. The summed E-state index contributed by atoms with van der Waals surface area (Å²) in [5.74, 6) is 0.165. The van der Waals surface area contributed by atoms with Gasteiger partial charge in [-0.05, 0) is 92.3 Å². The highest BCUT2D eigenvalue weighted by atomic mass is 19.3. The van der Waals surface area contributed by atoms with Gasteiger partial charge in [-0.2, -0.15) is 0 Å².